The number of nitrogens with zero attached hydrogens (tertiary/aromatic N) is 3. The molecule has 0 atom stereocenters. The maximum absolute atomic E-state index is 9.29. The first-order valence-corrected chi connectivity index (χ1v) is 19.5. The van der Waals surface area contributed by atoms with Crippen LogP contribution in [0.25, 0.3) is 67.0 Å². The summed E-state index contributed by atoms with van der Waals surface area (Å²) < 4.78 is 2.20. The van der Waals surface area contributed by atoms with Gasteiger partial charge in [0.2, 0.25) is 0 Å². The van der Waals surface area contributed by atoms with Crippen molar-refractivity contribution in [1.29, 1.82) is 5.26 Å². The first-order valence-electron chi connectivity index (χ1n) is 19.5. The molecule has 1 aromatic heterocycles. The van der Waals surface area contributed by atoms with E-state index in [2.05, 4.69) is 158 Å². The third-order valence-electron chi connectivity index (χ3n) is 11.0. The fourth-order valence-corrected chi connectivity index (χ4v) is 7.98. The van der Waals surface area contributed by atoms with E-state index in [0.29, 0.717) is 6.42 Å². The first-order chi connectivity index (χ1) is 28.0. The lowest BCUT2D eigenvalue weighted by atomic mass is 9.89. The largest absolute Gasteiger partial charge is 0.317 e. The van der Waals surface area contributed by atoms with Gasteiger partial charge in [-0.3, -0.25) is 0 Å². The number of hydrogen-bond donors (Lipinski definition) is 0. The Hall–Kier alpha value is -7.28. The topological polar surface area (TPSA) is 41.1 Å². The highest BCUT2D eigenvalue weighted by atomic mass is 15.0. The molecular formula is C54H41N3. The van der Waals surface area contributed by atoms with Crippen LogP contribution in [-0.2, 0) is 12.8 Å². The zero-order chi connectivity index (χ0) is 38.7. The van der Waals surface area contributed by atoms with Crippen molar-refractivity contribution in [2.45, 2.75) is 26.2 Å². The standard InChI is InChI=1S/C54H41N3/c1-37(30-53(43-16-7-4-8-17-43)56-38(2)40-13-5-3-6-14-40)47-33-48(35-49(34-47)45-23-22-42-21-20-41-15-9-10-19-51(41)52(42)36-45)44-24-25-54-46(32-44)27-29-57(54)50-18-11-12-39(31-50)26-28-55/h3-8,10-14,16-25,27,29-36H,2,9,15,26H2,1H3/b37-30+,56-53?. The van der Waals surface area contributed by atoms with Crippen molar-refractivity contribution in [2.75, 3.05) is 0 Å². The first kappa shape index (κ1) is 35.4. The number of nitriles is 1. The van der Waals surface area contributed by atoms with Crippen molar-refractivity contribution in [3.05, 3.63) is 216 Å². The molecule has 0 saturated carbocycles. The maximum Gasteiger partial charge on any atom is 0.0712 e. The van der Waals surface area contributed by atoms with Crippen LogP contribution >= 0.6 is 0 Å². The number of fused-ring (bicyclic) bond motifs is 4. The molecule has 57 heavy (non-hydrogen) atoms. The molecule has 1 heterocycles. The molecule has 0 bridgehead atoms. The molecule has 3 heteroatoms. The van der Waals surface area contributed by atoms with Gasteiger partial charge in [-0.2, -0.15) is 5.26 Å². The van der Waals surface area contributed by atoms with Crippen LogP contribution in [0.1, 0.15) is 46.7 Å². The molecule has 0 N–H and O–H groups in total. The van der Waals surface area contributed by atoms with Crippen LogP contribution in [-0.4, -0.2) is 10.3 Å². The van der Waals surface area contributed by atoms with Crippen molar-refractivity contribution in [2.24, 2.45) is 4.99 Å². The van der Waals surface area contributed by atoms with Gasteiger partial charge in [0.1, 0.15) is 0 Å². The molecule has 1 aliphatic carbocycles. The smallest absolute Gasteiger partial charge is 0.0712 e. The Morgan fingerprint density at radius 1 is 0.702 bits per heavy atom. The van der Waals surface area contributed by atoms with Gasteiger partial charge in [0.15, 0.2) is 0 Å². The fourth-order valence-electron chi connectivity index (χ4n) is 7.98. The summed E-state index contributed by atoms with van der Waals surface area (Å²) in [5, 5.41) is 13.0. The van der Waals surface area contributed by atoms with E-state index in [1.165, 1.54) is 27.5 Å². The fraction of sp³-hybridized carbons (Fsp3) is 0.0741. The van der Waals surface area contributed by atoms with Gasteiger partial charge >= 0.3 is 0 Å². The minimum atomic E-state index is 0.389. The molecule has 9 rings (SSSR count). The van der Waals surface area contributed by atoms with E-state index in [-0.39, 0.29) is 0 Å². The van der Waals surface area contributed by atoms with Crippen LogP contribution in [0.15, 0.2) is 188 Å². The zero-order valence-corrected chi connectivity index (χ0v) is 32.0. The second kappa shape index (κ2) is 15.5. The Morgan fingerprint density at radius 2 is 1.44 bits per heavy atom. The van der Waals surface area contributed by atoms with E-state index in [9.17, 15) is 5.26 Å². The van der Waals surface area contributed by atoms with Crippen molar-refractivity contribution in [3.8, 4) is 34.0 Å². The van der Waals surface area contributed by atoms with E-state index in [1.54, 1.807) is 0 Å². The lowest BCUT2D eigenvalue weighted by molar-refractivity contribution is 0.990. The van der Waals surface area contributed by atoms with E-state index < -0.39 is 0 Å². The van der Waals surface area contributed by atoms with Crippen molar-refractivity contribution < 1.29 is 0 Å². The maximum atomic E-state index is 9.29. The lowest BCUT2D eigenvalue weighted by Crippen LogP contribution is -1.99. The van der Waals surface area contributed by atoms with Gasteiger partial charge in [0.25, 0.3) is 0 Å². The Bertz CT molecular complexity index is 2950. The molecule has 7 aromatic carbocycles. The molecule has 0 saturated heterocycles. The Balaban J connectivity index is 1.18. The predicted molar refractivity (Wildman–Crippen MR) is 240 cm³/mol. The van der Waals surface area contributed by atoms with E-state index in [4.69, 9.17) is 4.99 Å². The molecule has 8 aromatic rings. The minimum absolute atomic E-state index is 0.389. The number of aryl methyl sites for hydroxylation is 1. The molecule has 1 aliphatic rings. The molecule has 3 nitrogen and oxygen atoms in total. The number of benzene rings is 7. The van der Waals surface area contributed by atoms with E-state index in [0.717, 1.165) is 85.4 Å². The van der Waals surface area contributed by atoms with Gasteiger partial charge in [0, 0.05) is 22.8 Å². The number of hydrogen-bond acceptors (Lipinski definition) is 2. The SMILES string of the molecule is C=C(N=C(/C=C(\C)c1cc(-c2ccc3c(ccn3-c3cccc(CC#N)c3)c2)cc(-c2ccc3ccc4c(c3c2)C=CCC4)c1)c1ccccc1)c1ccccc1. The molecule has 0 radical (unpaired) electrons. The summed E-state index contributed by atoms with van der Waals surface area (Å²) in [7, 11) is 0. The van der Waals surface area contributed by atoms with Crippen LogP contribution in [0.3, 0.4) is 0 Å². The second-order valence-corrected chi connectivity index (χ2v) is 14.8. The summed E-state index contributed by atoms with van der Waals surface area (Å²) in [5.41, 5.74) is 16.4. The van der Waals surface area contributed by atoms with Crippen LogP contribution in [0.4, 0.5) is 0 Å². The van der Waals surface area contributed by atoms with Crippen molar-refractivity contribution in [1.82, 2.24) is 4.57 Å². The molecule has 0 aliphatic heterocycles. The highest BCUT2D eigenvalue weighted by molar-refractivity contribution is 6.14. The van der Waals surface area contributed by atoms with Gasteiger partial charge in [-0.25, -0.2) is 4.99 Å². The molecular weight excluding hydrogens is 691 g/mol. The van der Waals surface area contributed by atoms with Gasteiger partial charge in [-0.1, -0.05) is 122 Å². The summed E-state index contributed by atoms with van der Waals surface area (Å²) in [4.78, 5) is 5.12. The monoisotopic (exact) mass is 731 g/mol. The third kappa shape index (κ3) is 7.30. The lowest BCUT2D eigenvalue weighted by Gasteiger charge is -2.16. The van der Waals surface area contributed by atoms with Gasteiger partial charge < -0.3 is 4.57 Å². The van der Waals surface area contributed by atoms with Crippen LogP contribution < -0.4 is 0 Å². The van der Waals surface area contributed by atoms with Crippen LogP contribution in [0.5, 0.6) is 0 Å². The predicted octanol–water partition coefficient (Wildman–Crippen LogP) is 13.7. The third-order valence-corrected chi connectivity index (χ3v) is 11.0. The van der Waals surface area contributed by atoms with Gasteiger partial charge in [-0.15, -0.1) is 0 Å². The Labute approximate surface area is 334 Å². The highest BCUT2D eigenvalue weighted by Gasteiger charge is 2.14. The van der Waals surface area contributed by atoms with Crippen molar-refractivity contribution >= 4 is 44.7 Å². The Morgan fingerprint density at radius 3 is 2.23 bits per heavy atom. The second-order valence-electron chi connectivity index (χ2n) is 14.8. The summed E-state index contributed by atoms with van der Waals surface area (Å²) in [6.45, 7) is 6.53. The number of aliphatic imine (C=N–C) groups is 1. The zero-order valence-electron chi connectivity index (χ0n) is 32.0. The number of aromatic nitrogens is 1. The minimum Gasteiger partial charge on any atom is -0.317 e. The van der Waals surface area contributed by atoms with Crippen molar-refractivity contribution in [3.63, 3.8) is 0 Å². The molecule has 0 amide bonds. The van der Waals surface area contributed by atoms with E-state index in [1.807, 2.05) is 48.5 Å². The Kier molecular flexibility index (Phi) is 9.61. The highest BCUT2D eigenvalue weighted by Crippen LogP contribution is 2.36. The average Bonchev–Trinajstić information content (AvgIpc) is 3.70. The normalized spacial score (nSPS) is 12.8. The molecule has 272 valence electrons. The van der Waals surface area contributed by atoms with E-state index >= 15 is 0 Å². The summed E-state index contributed by atoms with van der Waals surface area (Å²) in [5.74, 6) is 0. The summed E-state index contributed by atoms with van der Waals surface area (Å²) in [6.07, 6.45) is 11.5. The van der Waals surface area contributed by atoms with Crippen LogP contribution in [0.2, 0.25) is 0 Å². The quantitative estimate of drug-likeness (QED) is 0.136. The summed E-state index contributed by atoms with van der Waals surface area (Å²) in [6, 6.07) is 58.3. The van der Waals surface area contributed by atoms with Crippen LogP contribution in [0, 0.1) is 11.3 Å². The number of rotatable bonds is 9. The summed E-state index contributed by atoms with van der Waals surface area (Å²) >= 11 is 0. The van der Waals surface area contributed by atoms with Gasteiger partial charge in [-0.05, 0) is 147 Å². The molecule has 0 unspecified atom stereocenters. The average molecular weight is 732 g/mol. The molecule has 0 spiro atoms. The number of allylic oxidation sites excluding steroid dienone is 3. The van der Waals surface area contributed by atoms with Gasteiger partial charge in [0.05, 0.1) is 29.4 Å². The molecule has 0 fully saturated rings.